The highest BCUT2D eigenvalue weighted by atomic mass is 35.5. The summed E-state index contributed by atoms with van der Waals surface area (Å²) in [5.74, 6) is 0. The van der Waals surface area contributed by atoms with Crippen molar-refractivity contribution in [2.24, 2.45) is 7.05 Å². The van der Waals surface area contributed by atoms with Crippen LogP contribution in [0.15, 0.2) is 16.9 Å². The van der Waals surface area contributed by atoms with Crippen molar-refractivity contribution in [3.8, 4) is 0 Å². The maximum atomic E-state index is 11.8. The predicted octanol–water partition coefficient (Wildman–Crippen LogP) is 2.89. The van der Waals surface area contributed by atoms with E-state index in [2.05, 4.69) is 4.98 Å². The summed E-state index contributed by atoms with van der Waals surface area (Å²) in [7, 11) is 1.52. The molecule has 0 unspecified atom stereocenters. The van der Waals surface area contributed by atoms with Crippen molar-refractivity contribution in [2.75, 3.05) is 0 Å². The molecule has 0 bridgehead atoms. The highest BCUT2D eigenvalue weighted by Gasteiger charge is 2.12. The average Bonchev–Trinajstić information content (AvgIpc) is 2.20. The number of benzene rings is 1. The van der Waals surface area contributed by atoms with Crippen molar-refractivity contribution >= 4 is 45.7 Å². The van der Waals surface area contributed by atoms with Crippen LogP contribution in [0.2, 0.25) is 15.3 Å². The highest BCUT2D eigenvalue weighted by molar-refractivity contribution is 6.40. The third-order valence-electron chi connectivity index (χ3n) is 2.08. The van der Waals surface area contributed by atoms with E-state index in [1.54, 1.807) is 12.1 Å². The van der Waals surface area contributed by atoms with Gasteiger partial charge in [0, 0.05) is 7.05 Å². The average molecular weight is 264 g/mol. The van der Waals surface area contributed by atoms with Crippen molar-refractivity contribution in [2.45, 2.75) is 0 Å². The minimum absolute atomic E-state index is 0.0802. The van der Waals surface area contributed by atoms with Crippen molar-refractivity contribution in [3.05, 3.63) is 37.8 Å². The molecule has 0 saturated carbocycles. The Hall–Kier alpha value is -0.770. The Labute approximate surface area is 100 Å². The van der Waals surface area contributed by atoms with Gasteiger partial charge in [-0.05, 0) is 23.7 Å². The summed E-state index contributed by atoms with van der Waals surface area (Å²) in [6.45, 7) is 0. The van der Waals surface area contributed by atoms with E-state index in [-0.39, 0.29) is 16.2 Å². The van der Waals surface area contributed by atoms with Crippen LogP contribution >= 0.6 is 34.8 Å². The number of rotatable bonds is 0. The van der Waals surface area contributed by atoms with Crippen LogP contribution in [0.25, 0.3) is 10.9 Å². The Morgan fingerprint density at radius 1 is 1.20 bits per heavy atom. The fraction of sp³-hybridized carbons (Fsp3) is 0.111. The first kappa shape index (κ1) is 10.7. The van der Waals surface area contributed by atoms with Gasteiger partial charge >= 0.3 is 0 Å². The molecule has 0 amide bonds. The van der Waals surface area contributed by atoms with Crippen LogP contribution in [0.3, 0.4) is 0 Å². The van der Waals surface area contributed by atoms with E-state index in [4.69, 9.17) is 34.8 Å². The van der Waals surface area contributed by atoms with Crippen molar-refractivity contribution in [1.29, 1.82) is 0 Å². The summed E-state index contributed by atoms with van der Waals surface area (Å²) in [6, 6.07) is 3.14. The second-order valence-electron chi connectivity index (χ2n) is 3.00. The molecule has 0 saturated heterocycles. The van der Waals surface area contributed by atoms with Gasteiger partial charge in [-0.15, -0.1) is 0 Å². The first-order valence-corrected chi connectivity index (χ1v) is 5.16. The Balaban J connectivity index is 3.12. The number of halogens is 3. The molecule has 1 heterocycles. The SMILES string of the molecule is Cn1c(Cl)nc2c(Cl)ccc(Cl)c2c1=O. The van der Waals surface area contributed by atoms with Crippen molar-refractivity contribution in [3.63, 3.8) is 0 Å². The van der Waals surface area contributed by atoms with Crippen LogP contribution in [-0.4, -0.2) is 9.55 Å². The lowest BCUT2D eigenvalue weighted by molar-refractivity contribution is 0.844. The lowest BCUT2D eigenvalue weighted by Crippen LogP contribution is -2.19. The van der Waals surface area contributed by atoms with Gasteiger partial charge in [0.1, 0.15) is 0 Å². The second-order valence-corrected chi connectivity index (χ2v) is 4.15. The molecular weight excluding hydrogens is 258 g/mol. The molecule has 0 spiro atoms. The van der Waals surface area contributed by atoms with Gasteiger partial charge < -0.3 is 0 Å². The molecule has 2 rings (SSSR count). The van der Waals surface area contributed by atoms with Crippen LogP contribution in [0.5, 0.6) is 0 Å². The molecule has 1 aromatic heterocycles. The van der Waals surface area contributed by atoms with Crippen molar-refractivity contribution < 1.29 is 0 Å². The first-order chi connectivity index (χ1) is 7.02. The van der Waals surface area contributed by atoms with E-state index in [0.717, 1.165) is 0 Å². The lowest BCUT2D eigenvalue weighted by Gasteiger charge is -2.05. The summed E-state index contributed by atoms with van der Waals surface area (Å²) < 4.78 is 1.21. The minimum Gasteiger partial charge on any atom is -0.286 e. The summed E-state index contributed by atoms with van der Waals surface area (Å²) in [5, 5.41) is 1.04. The number of hydrogen-bond acceptors (Lipinski definition) is 2. The van der Waals surface area contributed by atoms with Gasteiger partial charge in [-0.2, -0.15) is 0 Å². The molecule has 0 N–H and O–H groups in total. The van der Waals surface area contributed by atoms with Gasteiger partial charge in [-0.1, -0.05) is 23.2 Å². The third-order valence-corrected chi connectivity index (χ3v) is 3.04. The fourth-order valence-electron chi connectivity index (χ4n) is 1.27. The molecule has 0 aliphatic carbocycles. The van der Waals surface area contributed by atoms with Crippen LogP contribution in [0.4, 0.5) is 0 Å². The molecule has 15 heavy (non-hydrogen) atoms. The zero-order valence-corrected chi connectivity index (χ0v) is 9.86. The van der Waals surface area contributed by atoms with Gasteiger partial charge in [0.15, 0.2) is 0 Å². The monoisotopic (exact) mass is 262 g/mol. The minimum atomic E-state index is -0.308. The van der Waals surface area contributed by atoms with E-state index in [1.807, 2.05) is 0 Å². The van der Waals surface area contributed by atoms with Gasteiger partial charge in [0.2, 0.25) is 5.28 Å². The maximum absolute atomic E-state index is 11.8. The predicted molar refractivity (Wildman–Crippen MR) is 62.0 cm³/mol. The molecule has 3 nitrogen and oxygen atoms in total. The largest absolute Gasteiger partial charge is 0.286 e. The van der Waals surface area contributed by atoms with Crippen LogP contribution in [0, 0.1) is 0 Å². The van der Waals surface area contributed by atoms with Gasteiger partial charge in [0.25, 0.3) is 5.56 Å². The lowest BCUT2D eigenvalue weighted by atomic mass is 10.2. The van der Waals surface area contributed by atoms with Crippen LogP contribution in [0.1, 0.15) is 0 Å². The first-order valence-electron chi connectivity index (χ1n) is 4.02. The zero-order chi connectivity index (χ0) is 11.2. The third kappa shape index (κ3) is 1.61. The molecular formula is C9H5Cl3N2O. The molecule has 0 aliphatic heterocycles. The van der Waals surface area contributed by atoms with E-state index in [9.17, 15) is 4.79 Å². The summed E-state index contributed by atoms with van der Waals surface area (Å²) in [6.07, 6.45) is 0. The number of nitrogens with zero attached hydrogens (tertiary/aromatic N) is 2. The normalized spacial score (nSPS) is 10.9. The zero-order valence-electron chi connectivity index (χ0n) is 7.59. The van der Waals surface area contributed by atoms with Gasteiger partial charge in [0.05, 0.1) is 20.9 Å². The Morgan fingerprint density at radius 2 is 1.80 bits per heavy atom. The van der Waals surface area contributed by atoms with Crippen LogP contribution in [-0.2, 0) is 7.05 Å². The summed E-state index contributed by atoms with van der Waals surface area (Å²) >= 11 is 17.6. The Kier molecular flexibility index (Phi) is 2.63. The molecule has 0 fully saturated rings. The van der Waals surface area contributed by atoms with Crippen molar-refractivity contribution in [1.82, 2.24) is 9.55 Å². The summed E-state index contributed by atoms with van der Waals surface area (Å²) in [4.78, 5) is 15.8. The standard InChI is InChI=1S/C9H5Cl3N2O/c1-14-8(15)6-4(10)2-3-5(11)7(6)13-9(14)12/h2-3H,1H3. The second kappa shape index (κ2) is 3.67. The topological polar surface area (TPSA) is 34.9 Å². The molecule has 0 radical (unpaired) electrons. The molecule has 0 aliphatic rings. The quantitative estimate of drug-likeness (QED) is 0.685. The molecule has 0 atom stereocenters. The highest BCUT2D eigenvalue weighted by Crippen LogP contribution is 2.26. The van der Waals surface area contributed by atoms with Crippen LogP contribution < -0.4 is 5.56 Å². The Morgan fingerprint density at radius 3 is 2.47 bits per heavy atom. The molecule has 78 valence electrons. The molecule has 6 heteroatoms. The molecule has 1 aromatic carbocycles. The summed E-state index contributed by atoms with van der Waals surface area (Å²) in [5.41, 5.74) is 0.0229. The number of aromatic nitrogens is 2. The van der Waals surface area contributed by atoms with E-state index in [0.29, 0.717) is 15.6 Å². The maximum Gasteiger partial charge on any atom is 0.263 e. The van der Waals surface area contributed by atoms with E-state index in [1.165, 1.54) is 11.6 Å². The van der Waals surface area contributed by atoms with Gasteiger partial charge in [-0.25, -0.2) is 4.98 Å². The number of hydrogen-bond donors (Lipinski definition) is 0. The molecule has 2 aromatic rings. The number of fused-ring (bicyclic) bond motifs is 1. The smallest absolute Gasteiger partial charge is 0.263 e. The van der Waals surface area contributed by atoms with E-state index < -0.39 is 0 Å². The Bertz CT molecular complexity index is 606. The van der Waals surface area contributed by atoms with Gasteiger partial charge in [-0.3, -0.25) is 9.36 Å². The van der Waals surface area contributed by atoms with E-state index >= 15 is 0 Å². The fourth-order valence-corrected chi connectivity index (χ4v) is 1.87.